The number of halogens is 3. The van der Waals surface area contributed by atoms with Gasteiger partial charge < -0.3 is 21.1 Å². The van der Waals surface area contributed by atoms with Crippen LogP contribution in [0.1, 0.15) is 11.5 Å². The number of ether oxygens (including phenoxy) is 1. The lowest BCUT2D eigenvalue weighted by Gasteiger charge is -2.33. The fraction of sp³-hybridized carbons (Fsp3) is 0.429. The summed E-state index contributed by atoms with van der Waals surface area (Å²) in [5.74, 6) is 0.430. The fourth-order valence-corrected chi connectivity index (χ4v) is 3.44. The molecule has 1 fully saturated rings. The molecule has 0 aromatic carbocycles. The van der Waals surface area contributed by atoms with Crippen LogP contribution in [0.2, 0.25) is 0 Å². The van der Waals surface area contributed by atoms with Gasteiger partial charge in [0.15, 0.2) is 5.52 Å². The number of hydrogen-bond donors (Lipinski definition) is 2. The van der Waals surface area contributed by atoms with Crippen LogP contribution in [0.25, 0.3) is 11.0 Å². The van der Waals surface area contributed by atoms with E-state index in [0.717, 1.165) is 0 Å². The van der Waals surface area contributed by atoms with Crippen LogP contribution in [0, 0.1) is 6.92 Å². The SMILES string of the molecule is CN=C/C(=C\N)C1CN(c2nc(C(C=C(N)C(F)(F)F)=NC)c3nc(C)n(C)c(=O)c3n2)CCO1. The number of aromatic nitrogens is 4. The second-order valence-corrected chi connectivity index (χ2v) is 7.66. The zero-order valence-corrected chi connectivity index (χ0v) is 19.7. The summed E-state index contributed by atoms with van der Waals surface area (Å²) in [6, 6.07) is 0. The molecule has 0 aliphatic carbocycles. The van der Waals surface area contributed by atoms with Gasteiger partial charge in [0, 0.05) is 45.7 Å². The third-order valence-corrected chi connectivity index (χ3v) is 5.43. The Hall–Kier alpha value is -3.81. The van der Waals surface area contributed by atoms with Crippen molar-refractivity contribution in [3.05, 3.63) is 45.4 Å². The monoisotopic (exact) mass is 493 g/mol. The van der Waals surface area contributed by atoms with E-state index in [9.17, 15) is 18.0 Å². The van der Waals surface area contributed by atoms with Gasteiger partial charge in [-0.25, -0.2) is 15.0 Å². The number of alkyl halides is 3. The molecule has 3 rings (SSSR count). The minimum absolute atomic E-state index is 0.0200. The van der Waals surface area contributed by atoms with Gasteiger partial charge in [-0.3, -0.25) is 19.3 Å². The number of nitrogens with two attached hydrogens (primary N) is 2. The minimum atomic E-state index is -4.77. The maximum Gasteiger partial charge on any atom is 0.430 e. The van der Waals surface area contributed by atoms with Crippen molar-refractivity contribution in [2.45, 2.75) is 19.2 Å². The lowest BCUT2D eigenvalue weighted by Crippen LogP contribution is -2.45. The number of aliphatic imine (C=N–C) groups is 2. The molecule has 0 saturated carbocycles. The molecule has 0 spiro atoms. The molecule has 1 aliphatic heterocycles. The van der Waals surface area contributed by atoms with Gasteiger partial charge in [0.2, 0.25) is 5.95 Å². The maximum atomic E-state index is 13.1. The number of morpholine rings is 1. The van der Waals surface area contributed by atoms with E-state index in [-0.39, 0.29) is 41.5 Å². The first-order valence-electron chi connectivity index (χ1n) is 10.5. The highest BCUT2D eigenvalue weighted by molar-refractivity contribution is 6.14. The lowest BCUT2D eigenvalue weighted by atomic mass is 10.1. The quantitative estimate of drug-likeness (QED) is 0.575. The molecular formula is C21H26F3N9O2. The first kappa shape index (κ1) is 25.8. The van der Waals surface area contributed by atoms with E-state index in [1.165, 1.54) is 24.9 Å². The number of nitrogens with zero attached hydrogens (tertiary/aromatic N) is 7. The van der Waals surface area contributed by atoms with Gasteiger partial charge in [0.1, 0.15) is 28.8 Å². The van der Waals surface area contributed by atoms with Gasteiger partial charge in [-0.15, -0.1) is 0 Å². The maximum absolute atomic E-state index is 13.1. The summed E-state index contributed by atoms with van der Waals surface area (Å²) in [6.45, 7) is 2.50. The van der Waals surface area contributed by atoms with Crippen molar-refractivity contribution in [2.24, 2.45) is 28.5 Å². The standard InChI is InChI=1S/C21H26F3N9O2/c1-11-29-17-16(13(28-3)7-15(26)21(22,23)24)30-20(31-18(17)19(34)32(11)4)33-5-6-35-14(10-33)12(8-25)9-27-2/h7-9,14H,5-6,10,25-26H2,1-4H3/b12-8+,15-7?,27-9?,28-13?. The largest absolute Gasteiger partial charge is 0.430 e. The summed E-state index contributed by atoms with van der Waals surface area (Å²) < 4.78 is 46.5. The number of rotatable bonds is 5. The zero-order chi connectivity index (χ0) is 25.9. The Morgan fingerprint density at radius 3 is 2.54 bits per heavy atom. The van der Waals surface area contributed by atoms with E-state index in [0.29, 0.717) is 24.0 Å². The summed E-state index contributed by atoms with van der Waals surface area (Å²) in [7, 11) is 4.42. The Morgan fingerprint density at radius 2 is 1.94 bits per heavy atom. The van der Waals surface area contributed by atoms with Crippen LogP contribution < -0.4 is 21.9 Å². The van der Waals surface area contributed by atoms with Crippen molar-refractivity contribution in [1.82, 2.24) is 19.5 Å². The molecule has 1 aliphatic rings. The molecule has 4 N–H and O–H groups in total. The Kier molecular flexibility index (Phi) is 7.53. The molecule has 0 radical (unpaired) electrons. The lowest BCUT2D eigenvalue weighted by molar-refractivity contribution is -0.0925. The molecular weight excluding hydrogens is 467 g/mol. The first-order valence-corrected chi connectivity index (χ1v) is 10.5. The Morgan fingerprint density at radius 1 is 1.23 bits per heavy atom. The van der Waals surface area contributed by atoms with Crippen LogP contribution in [0.15, 0.2) is 38.3 Å². The van der Waals surface area contributed by atoms with Crippen LogP contribution in [-0.4, -0.2) is 77.5 Å². The van der Waals surface area contributed by atoms with Crippen LogP contribution in [0.5, 0.6) is 0 Å². The zero-order valence-electron chi connectivity index (χ0n) is 19.7. The highest BCUT2D eigenvalue weighted by atomic mass is 19.4. The van der Waals surface area contributed by atoms with Crippen molar-refractivity contribution >= 4 is 28.9 Å². The second-order valence-electron chi connectivity index (χ2n) is 7.66. The summed E-state index contributed by atoms with van der Waals surface area (Å²) in [4.78, 5) is 35.9. The average Bonchev–Trinajstić information content (AvgIpc) is 2.83. The summed E-state index contributed by atoms with van der Waals surface area (Å²) in [6.07, 6.45) is -1.63. The number of aryl methyl sites for hydroxylation is 1. The molecule has 1 atom stereocenters. The van der Waals surface area contributed by atoms with E-state index in [1.54, 1.807) is 25.1 Å². The van der Waals surface area contributed by atoms with Gasteiger partial charge in [-0.05, 0) is 13.0 Å². The van der Waals surface area contributed by atoms with Crippen LogP contribution in [-0.2, 0) is 11.8 Å². The highest BCUT2D eigenvalue weighted by Crippen LogP contribution is 2.24. The number of hydrogen-bond acceptors (Lipinski definition) is 10. The molecule has 1 unspecified atom stereocenters. The molecule has 14 heteroatoms. The highest BCUT2D eigenvalue weighted by Gasteiger charge is 2.33. The van der Waals surface area contributed by atoms with Crippen molar-refractivity contribution in [3.8, 4) is 0 Å². The summed E-state index contributed by atoms with van der Waals surface area (Å²) in [5.41, 5.74) is 9.43. The van der Waals surface area contributed by atoms with E-state index in [1.807, 2.05) is 0 Å². The van der Waals surface area contributed by atoms with E-state index >= 15 is 0 Å². The van der Waals surface area contributed by atoms with Gasteiger partial charge in [0.05, 0.1) is 18.9 Å². The van der Waals surface area contributed by atoms with Crippen molar-refractivity contribution in [1.29, 1.82) is 0 Å². The molecule has 1 saturated heterocycles. The molecule has 3 heterocycles. The number of anilines is 1. The van der Waals surface area contributed by atoms with Crippen molar-refractivity contribution in [3.63, 3.8) is 0 Å². The van der Waals surface area contributed by atoms with E-state index < -0.39 is 23.5 Å². The number of fused-ring (bicyclic) bond motifs is 1. The molecule has 2 aromatic rings. The fourth-order valence-electron chi connectivity index (χ4n) is 3.44. The summed E-state index contributed by atoms with van der Waals surface area (Å²) in [5, 5.41) is 0. The molecule has 11 nitrogen and oxygen atoms in total. The predicted octanol–water partition coefficient (Wildman–Crippen LogP) is 0.604. The van der Waals surface area contributed by atoms with Crippen LogP contribution in [0.3, 0.4) is 0 Å². The molecule has 0 bridgehead atoms. The van der Waals surface area contributed by atoms with E-state index in [4.69, 9.17) is 16.2 Å². The minimum Gasteiger partial charge on any atom is -0.404 e. The van der Waals surface area contributed by atoms with E-state index in [2.05, 4.69) is 24.9 Å². The second kappa shape index (κ2) is 10.2. The van der Waals surface area contributed by atoms with Gasteiger partial charge in [-0.2, -0.15) is 13.2 Å². The van der Waals surface area contributed by atoms with Gasteiger partial charge in [-0.1, -0.05) is 0 Å². The smallest absolute Gasteiger partial charge is 0.404 e. The van der Waals surface area contributed by atoms with Gasteiger partial charge in [0.25, 0.3) is 5.56 Å². The Labute approximate surface area is 198 Å². The normalized spacial score (nSPS) is 18.7. The predicted molar refractivity (Wildman–Crippen MR) is 127 cm³/mol. The molecule has 0 amide bonds. The Bertz CT molecular complexity index is 1300. The average molecular weight is 493 g/mol. The topological polar surface area (TPSA) is 150 Å². The molecule has 188 valence electrons. The third kappa shape index (κ3) is 5.31. The number of allylic oxidation sites excluding steroid dienone is 2. The third-order valence-electron chi connectivity index (χ3n) is 5.43. The Balaban J connectivity index is 2.22. The van der Waals surface area contributed by atoms with Crippen LogP contribution in [0.4, 0.5) is 19.1 Å². The summed E-state index contributed by atoms with van der Waals surface area (Å²) >= 11 is 0. The molecule has 2 aromatic heterocycles. The van der Waals surface area contributed by atoms with Crippen LogP contribution >= 0.6 is 0 Å². The van der Waals surface area contributed by atoms with Gasteiger partial charge >= 0.3 is 6.18 Å². The first-order chi connectivity index (χ1) is 16.5. The van der Waals surface area contributed by atoms with Crippen molar-refractivity contribution < 1.29 is 17.9 Å². The molecule has 35 heavy (non-hydrogen) atoms. The van der Waals surface area contributed by atoms with Crippen molar-refractivity contribution in [2.75, 3.05) is 38.7 Å².